The van der Waals surface area contributed by atoms with Crippen molar-refractivity contribution in [3.05, 3.63) is 83.7 Å². The molecular weight excluding hydrogens is 442 g/mol. The van der Waals surface area contributed by atoms with Gasteiger partial charge in [-0.2, -0.15) is 10.2 Å². The molecule has 2 N–H and O–H groups in total. The SMILES string of the molecule is COC(=O)c1cc(OC)ccc1Nc1c(-c2ccc3[nH]ncc3c2)c(C)nn1-c1ccccc1C. The molecule has 0 aliphatic heterocycles. The quantitative estimate of drug-likeness (QED) is 0.317. The molecule has 0 aliphatic rings. The van der Waals surface area contributed by atoms with Gasteiger partial charge in [0.2, 0.25) is 0 Å². The van der Waals surface area contributed by atoms with Gasteiger partial charge in [0, 0.05) is 10.9 Å². The van der Waals surface area contributed by atoms with E-state index in [4.69, 9.17) is 14.6 Å². The highest BCUT2D eigenvalue weighted by Crippen LogP contribution is 2.38. The van der Waals surface area contributed by atoms with Crippen LogP contribution in [0.25, 0.3) is 27.7 Å². The predicted molar refractivity (Wildman–Crippen MR) is 136 cm³/mol. The summed E-state index contributed by atoms with van der Waals surface area (Å²) in [4.78, 5) is 12.6. The summed E-state index contributed by atoms with van der Waals surface area (Å²) >= 11 is 0. The number of hydrogen-bond donors (Lipinski definition) is 2. The first-order valence-corrected chi connectivity index (χ1v) is 11.1. The number of benzene rings is 3. The second-order valence-electron chi connectivity index (χ2n) is 8.21. The molecular formula is C27H25N5O3. The lowest BCUT2D eigenvalue weighted by Gasteiger charge is -2.16. The van der Waals surface area contributed by atoms with Gasteiger partial charge < -0.3 is 14.8 Å². The highest BCUT2D eigenvalue weighted by molar-refractivity contribution is 5.98. The number of nitrogens with one attached hydrogen (secondary N) is 2. The molecule has 8 heteroatoms. The van der Waals surface area contributed by atoms with Gasteiger partial charge in [-0.3, -0.25) is 5.10 Å². The third-order valence-corrected chi connectivity index (χ3v) is 6.02. The molecule has 0 saturated heterocycles. The van der Waals surface area contributed by atoms with E-state index in [1.165, 1.54) is 7.11 Å². The molecule has 0 saturated carbocycles. The average molecular weight is 468 g/mol. The van der Waals surface area contributed by atoms with Crippen LogP contribution in [0.15, 0.2) is 66.9 Å². The number of para-hydroxylation sites is 1. The van der Waals surface area contributed by atoms with Crippen LogP contribution >= 0.6 is 0 Å². The van der Waals surface area contributed by atoms with E-state index in [2.05, 4.69) is 21.6 Å². The van der Waals surface area contributed by atoms with Crippen LogP contribution in [-0.4, -0.2) is 40.2 Å². The topological polar surface area (TPSA) is 94.1 Å². The molecule has 8 nitrogen and oxygen atoms in total. The number of esters is 1. The van der Waals surface area contributed by atoms with Crippen LogP contribution in [-0.2, 0) is 4.74 Å². The van der Waals surface area contributed by atoms with Gasteiger partial charge in [-0.15, -0.1) is 0 Å². The number of aryl methyl sites for hydroxylation is 2. The first-order chi connectivity index (χ1) is 17.0. The van der Waals surface area contributed by atoms with Gasteiger partial charge in [-0.05, 0) is 61.4 Å². The van der Waals surface area contributed by atoms with Gasteiger partial charge in [0.15, 0.2) is 0 Å². The average Bonchev–Trinajstić information content (AvgIpc) is 3.47. The summed E-state index contributed by atoms with van der Waals surface area (Å²) in [6.45, 7) is 4.02. The lowest BCUT2D eigenvalue weighted by molar-refractivity contribution is 0.0601. The van der Waals surface area contributed by atoms with Gasteiger partial charge in [-0.1, -0.05) is 24.3 Å². The molecule has 0 atom stereocenters. The predicted octanol–water partition coefficient (Wildman–Crippen LogP) is 5.57. The van der Waals surface area contributed by atoms with Crippen molar-refractivity contribution in [2.24, 2.45) is 0 Å². The molecule has 3 aromatic carbocycles. The van der Waals surface area contributed by atoms with Crippen molar-refractivity contribution in [2.75, 3.05) is 19.5 Å². The third-order valence-electron chi connectivity index (χ3n) is 6.02. The Morgan fingerprint density at radius 3 is 2.63 bits per heavy atom. The van der Waals surface area contributed by atoms with Gasteiger partial charge in [0.25, 0.3) is 0 Å². The number of ether oxygens (including phenoxy) is 2. The molecule has 2 aromatic heterocycles. The number of aromatic nitrogens is 4. The summed E-state index contributed by atoms with van der Waals surface area (Å²) in [6.07, 6.45) is 1.80. The Hall–Kier alpha value is -4.59. The van der Waals surface area contributed by atoms with Crippen molar-refractivity contribution in [1.82, 2.24) is 20.0 Å². The number of H-pyrrole nitrogens is 1. The minimum Gasteiger partial charge on any atom is -0.497 e. The van der Waals surface area contributed by atoms with E-state index in [-0.39, 0.29) is 0 Å². The first kappa shape index (κ1) is 22.2. The summed E-state index contributed by atoms with van der Waals surface area (Å²) in [6, 6.07) is 19.4. The maximum atomic E-state index is 12.6. The smallest absolute Gasteiger partial charge is 0.340 e. The monoisotopic (exact) mass is 467 g/mol. The number of nitrogens with zero attached hydrogens (tertiary/aromatic N) is 3. The largest absolute Gasteiger partial charge is 0.497 e. The standard InChI is InChI=1S/C27H25N5O3/c1-16-7-5-6-8-24(16)32-26(29-23-12-10-20(34-3)14-21(23)27(33)35-4)25(17(2)31-32)18-9-11-22-19(13-18)15-28-30-22/h5-15,29H,1-4H3,(H,28,30). The Kier molecular flexibility index (Phi) is 5.70. The zero-order valence-electron chi connectivity index (χ0n) is 19.9. The van der Waals surface area contributed by atoms with Gasteiger partial charge in [-0.25, -0.2) is 9.48 Å². The molecule has 35 heavy (non-hydrogen) atoms. The Bertz CT molecular complexity index is 1550. The first-order valence-electron chi connectivity index (χ1n) is 11.1. The van der Waals surface area contributed by atoms with Crippen molar-refractivity contribution >= 4 is 28.4 Å². The van der Waals surface area contributed by atoms with E-state index in [1.54, 1.807) is 31.5 Å². The molecule has 0 radical (unpaired) electrons. The molecule has 0 unspecified atom stereocenters. The van der Waals surface area contributed by atoms with Gasteiger partial charge >= 0.3 is 5.97 Å². The third kappa shape index (κ3) is 3.99. The van der Waals surface area contributed by atoms with Crippen molar-refractivity contribution < 1.29 is 14.3 Å². The number of hydrogen-bond acceptors (Lipinski definition) is 6. The molecule has 5 rings (SSSR count). The van der Waals surface area contributed by atoms with Gasteiger partial charge in [0.05, 0.1) is 48.6 Å². The fourth-order valence-electron chi connectivity index (χ4n) is 4.23. The second-order valence-corrected chi connectivity index (χ2v) is 8.21. The highest BCUT2D eigenvalue weighted by atomic mass is 16.5. The van der Waals surface area contributed by atoms with Crippen LogP contribution in [0.5, 0.6) is 5.75 Å². The van der Waals surface area contributed by atoms with Crippen molar-refractivity contribution in [2.45, 2.75) is 13.8 Å². The maximum absolute atomic E-state index is 12.6. The van der Waals surface area contributed by atoms with Crippen molar-refractivity contribution in [3.63, 3.8) is 0 Å². The van der Waals surface area contributed by atoms with Crippen LogP contribution in [0.4, 0.5) is 11.5 Å². The fraction of sp³-hybridized carbons (Fsp3) is 0.148. The van der Waals surface area contributed by atoms with Crippen LogP contribution in [0.2, 0.25) is 0 Å². The van der Waals surface area contributed by atoms with Crippen LogP contribution in [0, 0.1) is 13.8 Å². The van der Waals surface area contributed by atoms with E-state index in [0.717, 1.165) is 44.8 Å². The molecule has 0 amide bonds. The Labute approximate surface area is 202 Å². The van der Waals surface area contributed by atoms with E-state index >= 15 is 0 Å². The molecule has 0 aliphatic carbocycles. The lowest BCUT2D eigenvalue weighted by atomic mass is 10.0. The number of carbonyl (C=O) groups is 1. The molecule has 0 bridgehead atoms. The fourth-order valence-corrected chi connectivity index (χ4v) is 4.23. The Morgan fingerprint density at radius 2 is 1.86 bits per heavy atom. The number of methoxy groups -OCH3 is 2. The lowest BCUT2D eigenvalue weighted by Crippen LogP contribution is -2.09. The number of aromatic amines is 1. The molecule has 5 aromatic rings. The molecule has 0 spiro atoms. The van der Waals surface area contributed by atoms with E-state index in [1.807, 2.05) is 54.9 Å². The molecule has 0 fully saturated rings. The summed E-state index contributed by atoms with van der Waals surface area (Å²) in [5.74, 6) is 0.826. The summed E-state index contributed by atoms with van der Waals surface area (Å²) < 4.78 is 12.3. The maximum Gasteiger partial charge on any atom is 0.340 e. The number of carbonyl (C=O) groups excluding carboxylic acids is 1. The van der Waals surface area contributed by atoms with E-state index in [9.17, 15) is 4.79 Å². The highest BCUT2D eigenvalue weighted by Gasteiger charge is 2.22. The van der Waals surface area contributed by atoms with Crippen LogP contribution < -0.4 is 10.1 Å². The Balaban J connectivity index is 1.74. The normalized spacial score (nSPS) is 11.0. The Morgan fingerprint density at radius 1 is 1.03 bits per heavy atom. The van der Waals surface area contributed by atoms with Gasteiger partial charge in [0.1, 0.15) is 11.6 Å². The molecule has 176 valence electrons. The zero-order chi connectivity index (χ0) is 24.5. The van der Waals surface area contributed by atoms with Crippen molar-refractivity contribution in [3.8, 4) is 22.6 Å². The van der Waals surface area contributed by atoms with Crippen LogP contribution in [0.3, 0.4) is 0 Å². The zero-order valence-corrected chi connectivity index (χ0v) is 19.9. The van der Waals surface area contributed by atoms with E-state index in [0.29, 0.717) is 17.0 Å². The van der Waals surface area contributed by atoms with Crippen molar-refractivity contribution in [1.29, 1.82) is 0 Å². The number of anilines is 2. The minimum atomic E-state index is -0.466. The summed E-state index contributed by atoms with van der Waals surface area (Å²) in [5, 5.41) is 16.5. The number of fused-ring (bicyclic) bond motifs is 1. The molecule has 2 heterocycles. The summed E-state index contributed by atoms with van der Waals surface area (Å²) in [7, 11) is 2.92. The minimum absolute atomic E-state index is 0.360. The number of rotatable bonds is 6. The van der Waals surface area contributed by atoms with Crippen LogP contribution in [0.1, 0.15) is 21.6 Å². The van der Waals surface area contributed by atoms with E-state index < -0.39 is 5.97 Å². The summed E-state index contributed by atoms with van der Waals surface area (Å²) in [5.41, 5.74) is 6.63. The second kappa shape index (κ2) is 8.98.